The number of aromatic nitrogens is 2. The molecule has 0 bridgehead atoms. The maximum absolute atomic E-state index is 6.17. The molecule has 3 nitrogen and oxygen atoms in total. The minimum absolute atomic E-state index is 0.407. The zero-order valence-electron chi connectivity index (χ0n) is 11.3. The fourth-order valence-electron chi connectivity index (χ4n) is 1.87. The van der Waals surface area contributed by atoms with E-state index in [4.69, 9.17) is 27.9 Å². The van der Waals surface area contributed by atoms with Crippen LogP contribution in [0.5, 0.6) is 5.75 Å². The van der Waals surface area contributed by atoms with E-state index in [-0.39, 0.29) is 0 Å². The molecule has 0 aliphatic carbocycles. The van der Waals surface area contributed by atoms with E-state index in [0.717, 1.165) is 27.8 Å². The topological polar surface area (TPSA) is 27.1 Å². The molecule has 1 aromatic carbocycles. The zero-order valence-corrected chi connectivity index (χ0v) is 14.4. The Balaban J connectivity index is 2.15. The second kappa shape index (κ2) is 6.83. The Morgan fingerprint density at radius 2 is 2.15 bits per heavy atom. The standard InChI is InChI=1S/C14H15BrCl2N2O/c1-3-11-14(15)12(19(2)18-11)8-20-13-5-4-9(7-16)6-10(13)17/h4-6H,3,7-8H2,1-2H3. The van der Waals surface area contributed by atoms with Crippen molar-refractivity contribution in [2.75, 3.05) is 0 Å². The van der Waals surface area contributed by atoms with Gasteiger partial charge in [0.1, 0.15) is 12.4 Å². The van der Waals surface area contributed by atoms with Gasteiger partial charge < -0.3 is 4.74 Å². The predicted octanol–water partition coefficient (Wildman–Crippen LogP) is 4.72. The highest BCUT2D eigenvalue weighted by Gasteiger charge is 2.13. The first-order chi connectivity index (χ1) is 9.56. The van der Waals surface area contributed by atoms with E-state index in [2.05, 4.69) is 28.0 Å². The van der Waals surface area contributed by atoms with Crippen molar-refractivity contribution in [3.8, 4) is 5.75 Å². The molecule has 0 unspecified atom stereocenters. The molecule has 0 aliphatic heterocycles. The van der Waals surface area contributed by atoms with Crippen LogP contribution in [0.15, 0.2) is 22.7 Å². The number of alkyl halides is 1. The van der Waals surface area contributed by atoms with Gasteiger partial charge in [0.2, 0.25) is 0 Å². The summed E-state index contributed by atoms with van der Waals surface area (Å²) in [6.45, 7) is 2.48. The van der Waals surface area contributed by atoms with Crippen molar-refractivity contribution in [2.45, 2.75) is 25.8 Å². The number of hydrogen-bond acceptors (Lipinski definition) is 2. The highest BCUT2D eigenvalue weighted by Crippen LogP contribution is 2.28. The van der Waals surface area contributed by atoms with Crippen LogP contribution in [0.25, 0.3) is 0 Å². The molecule has 0 saturated carbocycles. The van der Waals surface area contributed by atoms with Gasteiger partial charge in [-0.05, 0) is 40.0 Å². The van der Waals surface area contributed by atoms with Crippen LogP contribution in [0.4, 0.5) is 0 Å². The summed E-state index contributed by atoms with van der Waals surface area (Å²) in [6.07, 6.45) is 0.875. The largest absolute Gasteiger partial charge is 0.486 e. The van der Waals surface area contributed by atoms with Crippen molar-refractivity contribution in [3.63, 3.8) is 0 Å². The lowest BCUT2D eigenvalue weighted by atomic mass is 10.2. The molecule has 20 heavy (non-hydrogen) atoms. The SMILES string of the molecule is CCc1nn(C)c(COc2ccc(CCl)cc2Cl)c1Br. The minimum Gasteiger partial charge on any atom is -0.486 e. The van der Waals surface area contributed by atoms with Gasteiger partial charge in [-0.25, -0.2) is 0 Å². The second-order valence-electron chi connectivity index (χ2n) is 4.37. The molecule has 0 atom stereocenters. The maximum atomic E-state index is 6.17. The quantitative estimate of drug-likeness (QED) is 0.705. The number of rotatable bonds is 5. The number of aryl methyl sites for hydroxylation is 2. The molecule has 2 rings (SSSR count). The van der Waals surface area contributed by atoms with Crippen LogP contribution in [-0.4, -0.2) is 9.78 Å². The predicted molar refractivity (Wildman–Crippen MR) is 85.6 cm³/mol. The molecule has 0 N–H and O–H groups in total. The Hall–Kier alpha value is -0.710. The first kappa shape index (κ1) is 15.7. The number of ether oxygens (including phenoxy) is 1. The number of halogens is 3. The molecule has 0 aliphatic rings. The average Bonchev–Trinajstić information content (AvgIpc) is 2.72. The molecule has 0 radical (unpaired) electrons. The van der Waals surface area contributed by atoms with Gasteiger partial charge in [0.25, 0.3) is 0 Å². The van der Waals surface area contributed by atoms with Gasteiger partial charge in [0, 0.05) is 12.9 Å². The first-order valence-electron chi connectivity index (χ1n) is 6.24. The van der Waals surface area contributed by atoms with Gasteiger partial charge in [-0.15, -0.1) is 11.6 Å². The molecular weight excluding hydrogens is 363 g/mol. The summed E-state index contributed by atoms with van der Waals surface area (Å²) in [5.74, 6) is 1.08. The molecule has 6 heteroatoms. The van der Waals surface area contributed by atoms with Crippen molar-refractivity contribution < 1.29 is 4.74 Å². The van der Waals surface area contributed by atoms with Crippen LogP contribution in [0.2, 0.25) is 5.02 Å². The lowest BCUT2D eigenvalue weighted by Crippen LogP contribution is -2.04. The van der Waals surface area contributed by atoms with E-state index in [9.17, 15) is 0 Å². The van der Waals surface area contributed by atoms with Crippen LogP contribution < -0.4 is 4.74 Å². The van der Waals surface area contributed by atoms with Crippen molar-refractivity contribution in [3.05, 3.63) is 44.6 Å². The maximum Gasteiger partial charge on any atom is 0.138 e. The molecule has 108 valence electrons. The third-order valence-corrected chi connectivity index (χ3v) is 4.54. The lowest BCUT2D eigenvalue weighted by Gasteiger charge is -2.09. The number of nitrogens with zero attached hydrogens (tertiary/aromatic N) is 2. The van der Waals surface area contributed by atoms with Crippen molar-refractivity contribution in [1.82, 2.24) is 9.78 Å². The summed E-state index contributed by atoms with van der Waals surface area (Å²) in [5, 5.41) is 5.00. The molecule has 0 fully saturated rings. The summed E-state index contributed by atoms with van der Waals surface area (Å²) >= 11 is 15.5. The summed E-state index contributed by atoms with van der Waals surface area (Å²) in [6, 6.07) is 5.56. The van der Waals surface area contributed by atoms with E-state index in [0.29, 0.717) is 23.3 Å². The molecule has 2 aromatic rings. The Morgan fingerprint density at radius 1 is 1.40 bits per heavy atom. The molecule has 0 saturated heterocycles. The highest BCUT2D eigenvalue weighted by atomic mass is 79.9. The highest BCUT2D eigenvalue weighted by molar-refractivity contribution is 9.10. The van der Waals surface area contributed by atoms with E-state index in [1.54, 1.807) is 0 Å². The summed E-state index contributed by atoms with van der Waals surface area (Å²) in [5.41, 5.74) is 2.98. The average molecular weight is 378 g/mol. The van der Waals surface area contributed by atoms with Crippen molar-refractivity contribution >= 4 is 39.1 Å². The smallest absolute Gasteiger partial charge is 0.138 e. The Labute approximate surface area is 137 Å². The van der Waals surface area contributed by atoms with Gasteiger partial charge in [0.15, 0.2) is 0 Å². The summed E-state index contributed by atoms with van der Waals surface area (Å²) in [7, 11) is 1.90. The third kappa shape index (κ3) is 3.30. The van der Waals surface area contributed by atoms with Gasteiger partial charge in [-0.1, -0.05) is 24.6 Å². The van der Waals surface area contributed by atoms with Crippen molar-refractivity contribution in [1.29, 1.82) is 0 Å². The van der Waals surface area contributed by atoms with Gasteiger partial charge in [-0.2, -0.15) is 5.10 Å². The van der Waals surface area contributed by atoms with Crippen molar-refractivity contribution in [2.24, 2.45) is 7.05 Å². The fraction of sp³-hybridized carbons (Fsp3) is 0.357. The number of hydrogen-bond donors (Lipinski definition) is 0. The Kier molecular flexibility index (Phi) is 5.35. The van der Waals surface area contributed by atoms with Gasteiger partial charge in [-0.3, -0.25) is 4.68 Å². The monoisotopic (exact) mass is 376 g/mol. The van der Waals surface area contributed by atoms with E-state index in [1.807, 2.05) is 29.9 Å². The summed E-state index contributed by atoms with van der Waals surface area (Å²) < 4.78 is 8.60. The normalized spacial score (nSPS) is 10.8. The van der Waals surface area contributed by atoms with Gasteiger partial charge >= 0.3 is 0 Å². The summed E-state index contributed by atoms with van der Waals surface area (Å²) in [4.78, 5) is 0. The van der Waals surface area contributed by atoms with Crippen LogP contribution >= 0.6 is 39.1 Å². The first-order valence-corrected chi connectivity index (χ1v) is 7.94. The fourth-order valence-corrected chi connectivity index (χ4v) is 3.02. The van der Waals surface area contributed by atoms with Crippen LogP contribution in [0, 0.1) is 0 Å². The second-order valence-corrected chi connectivity index (χ2v) is 5.84. The lowest BCUT2D eigenvalue weighted by molar-refractivity contribution is 0.294. The zero-order chi connectivity index (χ0) is 14.7. The number of benzene rings is 1. The van der Waals surface area contributed by atoms with Crippen LogP contribution in [0.3, 0.4) is 0 Å². The molecular formula is C14H15BrCl2N2O. The molecule has 1 heterocycles. The van der Waals surface area contributed by atoms with Crippen LogP contribution in [0.1, 0.15) is 23.9 Å². The van der Waals surface area contributed by atoms with Crippen LogP contribution in [-0.2, 0) is 26.0 Å². The minimum atomic E-state index is 0.407. The molecule has 0 amide bonds. The van der Waals surface area contributed by atoms with E-state index in [1.165, 1.54) is 0 Å². The van der Waals surface area contributed by atoms with E-state index < -0.39 is 0 Å². The Morgan fingerprint density at radius 3 is 2.70 bits per heavy atom. The third-order valence-electron chi connectivity index (χ3n) is 3.02. The Bertz CT molecular complexity index is 613. The van der Waals surface area contributed by atoms with E-state index >= 15 is 0 Å². The molecule has 0 spiro atoms. The van der Waals surface area contributed by atoms with Gasteiger partial charge in [0.05, 0.1) is 20.9 Å². The molecule has 1 aromatic heterocycles.